The predicted octanol–water partition coefficient (Wildman–Crippen LogP) is 1.86. The van der Waals surface area contributed by atoms with E-state index in [2.05, 4.69) is 5.32 Å². The number of hydrogen-bond donors (Lipinski definition) is 2. The standard InChI is InChI=1S/C15H20N2O4/c18-14(19)11-17(12-5-2-1-3-6-12)15(20)16-9-8-13-7-4-10-21-13/h1-3,5-6,13H,4,7-11H2,(H,16,20)(H,18,19). The van der Waals surface area contributed by atoms with Crippen LogP contribution in [0.25, 0.3) is 0 Å². The van der Waals surface area contributed by atoms with Gasteiger partial charge in [0.15, 0.2) is 0 Å². The Kier molecular flexibility index (Phi) is 5.57. The van der Waals surface area contributed by atoms with Crippen LogP contribution in [0.5, 0.6) is 0 Å². The second-order valence-electron chi connectivity index (χ2n) is 4.97. The van der Waals surface area contributed by atoms with Crippen molar-refractivity contribution in [2.45, 2.75) is 25.4 Å². The highest BCUT2D eigenvalue weighted by molar-refractivity contribution is 5.96. The molecular formula is C15H20N2O4. The fourth-order valence-corrected chi connectivity index (χ4v) is 2.33. The Morgan fingerprint density at radius 2 is 2.10 bits per heavy atom. The highest BCUT2D eigenvalue weighted by Gasteiger charge is 2.20. The first-order chi connectivity index (χ1) is 10.2. The van der Waals surface area contributed by atoms with E-state index in [9.17, 15) is 9.59 Å². The molecule has 1 aliphatic rings. The summed E-state index contributed by atoms with van der Waals surface area (Å²) in [6, 6.07) is 8.37. The van der Waals surface area contributed by atoms with Crippen LogP contribution in [-0.2, 0) is 9.53 Å². The van der Waals surface area contributed by atoms with Crippen molar-refractivity contribution in [1.82, 2.24) is 5.32 Å². The van der Waals surface area contributed by atoms with Crippen LogP contribution in [0.3, 0.4) is 0 Å². The number of carbonyl (C=O) groups excluding carboxylic acids is 1. The largest absolute Gasteiger partial charge is 0.480 e. The maximum atomic E-state index is 12.2. The molecule has 2 N–H and O–H groups in total. The number of nitrogens with zero attached hydrogens (tertiary/aromatic N) is 1. The van der Waals surface area contributed by atoms with Gasteiger partial charge < -0.3 is 15.2 Å². The van der Waals surface area contributed by atoms with Gasteiger partial charge >= 0.3 is 12.0 Å². The molecule has 114 valence electrons. The minimum atomic E-state index is -1.05. The molecule has 0 aromatic heterocycles. The second kappa shape index (κ2) is 7.64. The van der Waals surface area contributed by atoms with Gasteiger partial charge in [0.25, 0.3) is 0 Å². The van der Waals surface area contributed by atoms with Crippen LogP contribution in [0.4, 0.5) is 10.5 Å². The van der Waals surface area contributed by atoms with Crippen molar-refractivity contribution < 1.29 is 19.4 Å². The number of hydrogen-bond acceptors (Lipinski definition) is 3. The van der Waals surface area contributed by atoms with Gasteiger partial charge in [0, 0.05) is 18.8 Å². The zero-order chi connectivity index (χ0) is 15.1. The van der Waals surface area contributed by atoms with Gasteiger partial charge in [0.1, 0.15) is 6.54 Å². The van der Waals surface area contributed by atoms with Crippen molar-refractivity contribution in [3.8, 4) is 0 Å². The lowest BCUT2D eigenvalue weighted by atomic mass is 10.2. The first-order valence-corrected chi connectivity index (χ1v) is 7.10. The van der Waals surface area contributed by atoms with Crippen molar-refractivity contribution in [3.05, 3.63) is 30.3 Å². The third-order valence-corrected chi connectivity index (χ3v) is 3.37. The molecule has 6 nitrogen and oxygen atoms in total. The minimum Gasteiger partial charge on any atom is -0.480 e. The van der Waals surface area contributed by atoms with Gasteiger partial charge in [0.2, 0.25) is 0 Å². The van der Waals surface area contributed by atoms with E-state index in [1.165, 1.54) is 4.90 Å². The van der Waals surface area contributed by atoms with E-state index in [-0.39, 0.29) is 12.6 Å². The highest BCUT2D eigenvalue weighted by Crippen LogP contribution is 2.15. The molecule has 0 radical (unpaired) electrons. The van der Waals surface area contributed by atoms with Gasteiger partial charge in [-0.3, -0.25) is 9.69 Å². The molecule has 1 aromatic carbocycles. The molecule has 6 heteroatoms. The molecular weight excluding hydrogens is 272 g/mol. The fraction of sp³-hybridized carbons (Fsp3) is 0.467. The number of carboxylic acids is 1. The monoisotopic (exact) mass is 292 g/mol. The van der Waals surface area contributed by atoms with Gasteiger partial charge in [-0.25, -0.2) is 4.79 Å². The molecule has 2 amide bonds. The van der Waals surface area contributed by atoms with Gasteiger partial charge in [-0.15, -0.1) is 0 Å². The molecule has 21 heavy (non-hydrogen) atoms. The number of benzene rings is 1. The number of anilines is 1. The lowest BCUT2D eigenvalue weighted by molar-refractivity contribution is -0.135. The van der Waals surface area contributed by atoms with Gasteiger partial charge in [-0.05, 0) is 31.4 Å². The maximum absolute atomic E-state index is 12.2. The highest BCUT2D eigenvalue weighted by atomic mass is 16.5. The Hall–Kier alpha value is -2.08. The maximum Gasteiger partial charge on any atom is 0.323 e. The van der Waals surface area contributed by atoms with Crippen molar-refractivity contribution in [2.24, 2.45) is 0 Å². The van der Waals surface area contributed by atoms with Crippen molar-refractivity contribution in [1.29, 1.82) is 0 Å². The number of carboxylic acid groups (broad SMARTS) is 1. The predicted molar refractivity (Wildman–Crippen MR) is 78.4 cm³/mol. The van der Waals surface area contributed by atoms with Crippen LogP contribution in [0.15, 0.2) is 30.3 Å². The molecule has 2 rings (SSSR count). The SMILES string of the molecule is O=C(O)CN(C(=O)NCCC1CCCO1)c1ccccc1. The summed E-state index contributed by atoms with van der Waals surface area (Å²) in [5.41, 5.74) is 0.564. The van der Waals surface area contributed by atoms with Crippen LogP contribution in [0.2, 0.25) is 0 Å². The molecule has 1 fully saturated rings. The zero-order valence-electron chi connectivity index (χ0n) is 11.8. The second-order valence-corrected chi connectivity index (χ2v) is 4.97. The Labute approximate surface area is 123 Å². The van der Waals surface area contributed by atoms with E-state index in [4.69, 9.17) is 9.84 Å². The third kappa shape index (κ3) is 4.75. The summed E-state index contributed by atoms with van der Waals surface area (Å²) in [4.78, 5) is 24.3. The average Bonchev–Trinajstić information content (AvgIpc) is 2.98. The first-order valence-electron chi connectivity index (χ1n) is 7.10. The summed E-state index contributed by atoms with van der Waals surface area (Å²) in [5, 5.41) is 11.7. The van der Waals surface area contributed by atoms with Crippen LogP contribution in [0, 0.1) is 0 Å². The van der Waals surface area contributed by atoms with E-state index in [0.717, 1.165) is 25.9 Å². The summed E-state index contributed by atoms with van der Waals surface area (Å²) >= 11 is 0. The van der Waals surface area contributed by atoms with Gasteiger partial charge in [-0.2, -0.15) is 0 Å². The smallest absolute Gasteiger partial charge is 0.323 e. The van der Waals surface area contributed by atoms with Crippen molar-refractivity contribution in [3.63, 3.8) is 0 Å². The number of carbonyl (C=O) groups is 2. The van der Waals surface area contributed by atoms with E-state index in [0.29, 0.717) is 12.2 Å². The molecule has 1 aromatic rings. The minimum absolute atomic E-state index is 0.204. The molecule has 0 saturated carbocycles. The number of rotatable bonds is 6. The lowest BCUT2D eigenvalue weighted by Gasteiger charge is -2.21. The summed E-state index contributed by atoms with van der Waals surface area (Å²) in [6.45, 7) is 0.899. The number of urea groups is 1. The summed E-state index contributed by atoms with van der Waals surface area (Å²) in [5.74, 6) is -1.05. The molecule has 1 saturated heterocycles. The third-order valence-electron chi connectivity index (χ3n) is 3.37. The topological polar surface area (TPSA) is 78.9 Å². The Morgan fingerprint density at radius 1 is 1.33 bits per heavy atom. The summed E-state index contributed by atoms with van der Waals surface area (Å²) in [6.07, 6.45) is 3.04. The van der Waals surface area contributed by atoms with Crippen LogP contribution in [-0.4, -0.2) is 42.9 Å². The number of ether oxygens (including phenoxy) is 1. The van der Waals surface area contributed by atoms with Crippen molar-refractivity contribution >= 4 is 17.7 Å². The molecule has 1 atom stereocenters. The zero-order valence-corrected chi connectivity index (χ0v) is 11.8. The number of para-hydroxylation sites is 1. The van der Waals surface area contributed by atoms with E-state index in [1.807, 2.05) is 6.07 Å². The summed E-state index contributed by atoms with van der Waals surface area (Å²) < 4.78 is 5.49. The summed E-state index contributed by atoms with van der Waals surface area (Å²) in [7, 11) is 0. The first kappa shape index (κ1) is 15.3. The van der Waals surface area contributed by atoms with E-state index in [1.54, 1.807) is 24.3 Å². The molecule has 1 heterocycles. The van der Waals surface area contributed by atoms with Crippen LogP contribution < -0.4 is 10.2 Å². The molecule has 0 bridgehead atoms. The van der Waals surface area contributed by atoms with Gasteiger partial charge in [-0.1, -0.05) is 18.2 Å². The molecule has 1 aliphatic heterocycles. The Balaban J connectivity index is 1.89. The Bertz CT molecular complexity index is 472. The van der Waals surface area contributed by atoms with Crippen LogP contribution in [0.1, 0.15) is 19.3 Å². The molecule has 1 unspecified atom stereocenters. The quantitative estimate of drug-likeness (QED) is 0.838. The lowest BCUT2D eigenvalue weighted by Crippen LogP contribution is -2.43. The molecule has 0 aliphatic carbocycles. The average molecular weight is 292 g/mol. The normalized spacial score (nSPS) is 17.4. The van der Waals surface area contributed by atoms with Gasteiger partial charge in [0.05, 0.1) is 6.10 Å². The van der Waals surface area contributed by atoms with Crippen molar-refractivity contribution in [2.75, 3.05) is 24.6 Å². The Morgan fingerprint density at radius 3 is 2.71 bits per heavy atom. The van der Waals surface area contributed by atoms with Crippen LogP contribution >= 0.6 is 0 Å². The number of aliphatic carboxylic acids is 1. The number of nitrogens with one attached hydrogen (secondary N) is 1. The van der Waals surface area contributed by atoms with E-state index >= 15 is 0 Å². The molecule has 0 spiro atoms. The van der Waals surface area contributed by atoms with E-state index < -0.39 is 12.0 Å². The number of amides is 2. The fourth-order valence-electron chi connectivity index (χ4n) is 2.33.